The van der Waals surface area contributed by atoms with Crippen LogP contribution in [0, 0.1) is 17.8 Å². The summed E-state index contributed by atoms with van der Waals surface area (Å²) < 4.78 is 16.3. The van der Waals surface area contributed by atoms with Gasteiger partial charge in [0, 0.05) is 18.6 Å². The fourth-order valence-corrected chi connectivity index (χ4v) is 5.55. The number of aromatic hydroxyl groups is 1. The van der Waals surface area contributed by atoms with Crippen molar-refractivity contribution in [3.05, 3.63) is 46.5 Å². The van der Waals surface area contributed by atoms with Crippen LogP contribution >= 0.6 is 0 Å². The number of benzene rings is 1. The molecule has 8 nitrogen and oxygen atoms in total. The van der Waals surface area contributed by atoms with Crippen LogP contribution in [-0.2, 0) is 23.8 Å². The minimum absolute atomic E-state index is 0.189. The highest BCUT2D eigenvalue weighted by atomic mass is 16.5. The summed E-state index contributed by atoms with van der Waals surface area (Å²) >= 11 is 0. The topological polar surface area (TPSA) is 102 Å². The minimum Gasteiger partial charge on any atom is -0.507 e. The summed E-state index contributed by atoms with van der Waals surface area (Å²) in [5, 5.41) is 10.1. The summed E-state index contributed by atoms with van der Waals surface area (Å²) in [6.07, 6.45) is 3.57. The second-order valence-electron chi connectivity index (χ2n) is 8.99. The van der Waals surface area contributed by atoms with E-state index >= 15 is 0 Å². The van der Waals surface area contributed by atoms with E-state index in [2.05, 4.69) is 11.7 Å². The molecule has 0 bridgehead atoms. The summed E-state index contributed by atoms with van der Waals surface area (Å²) in [4.78, 5) is 38.7. The molecule has 0 aromatic heterocycles. The molecule has 4 atom stereocenters. The van der Waals surface area contributed by atoms with E-state index in [1.54, 1.807) is 19.2 Å². The number of hydrogen-bond acceptors (Lipinski definition) is 7. The molecule has 0 spiro atoms. The van der Waals surface area contributed by atoms with Crippen LogP contribution in [0.25, 0.3) is 6.08 Å². The van der Waals surface area contributed by atoms with Crippen molar-refractivity contribution < 1.29 is 33.7 Å². The number of carbonyl (C=O) groups excluding carboxylic acids is 3. The van der Waals surface area contributed by atoms with Gasteiger partial charge in [-0.15, -0.1) is 0 Å². The van der Waals surface area contributed by atoms with E-state index in [4.69, 9.17) is 9.47 Å². The van der Waals surface area contributed by atoms with Crippen LogP contribution in [0.4, 0.5) is 4.79 Å². The molecule has 2 aliphatic heterocycles. The van der Waals surface area contributed by atoms with Gasteiger partial charge in [-0.25, -0.2) is 4.79 Å². The highest BCUT2D eigenvalue weighted by molar-refractivity contribution is 6.16. The number of phenols is 1. The van der Waals surface area contributed by atoms with E-state index in [1.165, 1.54) is 5.57 Å². The number of methoxy groups -OCH3 is 2. The fourth-order valence-electron chi connectivity index (χ4n) is 5.55. The summed E-state index contributed by atoms with van der Waals surface area (Å²) in [6.45, 7) is 2.76. The van der Waals surface area contributed by atoms with Crippen molar-refractivity contribution >= 4 is 24.0 Å². The van der Waals surface area contributed by atoms with Gasteiger partial charge in [0.15, 0.2) is 0 Å². The molecule has 0 radical (unpaired) electrons. The lowest BCUT2D eigenvalue weighted by Crippen LogP contribution is -2.38. The standard InChI is InChI=1S/C26H31NO7/c1-4-15(11-16-7-5-6-8-20(16)28)9-10-21-22-17(13-32-2)12-18-23(19(22)14-34-21)25(30)27(24(18)29)26(31)33-3/h5-8,11,18-19,21,23,28H,4,9-10,12-14H2,1-3H3/b15-11+/t18-,19+,21-,23-/m1/s1. The van der Waals surface area contributed by atoms with Crippen LogP contribution in [0.2, 0.25) is 0 Å². The Labute approximate surface area is 199 Å². The van der Waals surface area contributed by atoms with Crippen LogP contribution in [0.1, 0.15) is 38.2 Å². The van der Waals surface area contributed by atoms with Gasteiger partial charge < -0.3 is 19.3 Å². The van der Waals surface area contributed by atoms with Gasteiger partial charge in [-0.3, -0.25) is 9.59 Å². The molecular weight excluding hydrogens is 438 g/mol. The minimum atomic E-state index is -0.934. The Kier molecular flexibility index (Phi) is 7.19. The van der Waals surface area contributed by atoms with Crippen LogP contribution in [0.3, 0.4) is 0 Å². The van der Waals surface area contributed by atoms with E-state index in [0.29, 0.717) is 31.0 Å². The number of fused-ring (bicyclic) bond motifs is 3. The molecule has 3 amide bonds. The Hall–Kier alpha value is -2.97. The summed E-state index contributed by atoms with van der Waals surface area (Å²) in [6, 6.07) is 7.23. The number of rotatable bonds is 7. The fraction of sp³-hybridized carbons (Fsp3) is 0.500. The number of imide groups is 3. The quantitative estimate of drug-likeness (QED) is 0.480. The van der Waals surface area contributed by atoms with Gasteiger partial charge in [-0.05, 0) is 42.9 Å². The van der Waals surface area contributed by atoms with Crippen LogP contribution in [-0.4, -0.2) is 61.5 Å². The SMILES string of the molecule is CC/C(=C\c1ccccc1O)CC[C@H]1OC[C@H]2C1=C(COC)C[C@H]1C(=O)N(C(=O)OC)C(=O)[C@H]12. The molecule has 2 heterocycles. The van der Waals surface area contributed by atoms with Crippen LogP contribution in [0.5, 0.6) is 5.75 Å². The second kappa shape index (κ2) is 10.1. The predicted molar refractivity (Wildman–Crippen MR) is 124 cm³/mol. The van der Waals surface area contributed by atoms with Crippen molar-refractivity contribution in [1.29, 1.82) is 0 Å². The number of ether oxygens (including phenoxy) is 3. The zero-order valence-corrected chi connectivity index (χ0v) is 19.8. The number of amides is 3. The van der Waals surface area contributed by atoms with Gasteiger partial charge in [0.2, 0.25) is 11.8 Å². The molecule has 0 saturated carbocycles. The first-order valence-corrected chi connectivity index (χ1v) is 11.7. The lowest BCUT2D eigenvalue weighted by Gasteiger charge is -2.31. The molecule has 4 rings (SSSR count). The smallest absolute Gasteiger partial charge is 0.423 e. The lowest BCUT2D eigenvalue weighted by atomic mass is 9.69. The molecule has 182 valence electrons. The Morgan fingerprint density at radius 1 is 1.21 bits per heavy atom. The molecule has 0 unspecified atom stereocenters. The average Bonchev–Trinajstić information content (AvgIpc) is 3.36. The molecule has 2 saturated heterocycles. The van der Waals surface area contributed by atoms with Crippen molar-refractivity contribution in [2.45, 2.75) is 38.7 Å². The molecule has 2 fully saturated rings. The maximum absolute atomic E-state index is 13.1. The van der Waals surface area contributed by atoms with E-state index in [-0.39, 0.29) is 17.8 Å². The van der Waals surface area contributed by atoms with E-state index in [0.717, 1.165) is 36.7 Å². The van der Waals surface area contributed by atoms with Crippen LogP contribution < -0.4 is 0 Å². The highest BCUT2D eigenvalue weighted by Crippen LogP contribution is 2.50. The zero-order valence-electron chi connectivity index (χ0n) is 19.8. The molecule has 1 aliphatic carbocycles. The molecular formula is C26H31NO7. The third-order valence-corrected chi connectivity index (χ3v) is 7.16. The summed E-state index contributed by atoms with van der Waals surface area (Å²) in [5.41, 5.74) is 3.98. The number of carbonyl (C=O) groups is 3. The molecule has 8 heteroatoms. The van der Waals surface area contributed by atoms with Crippen molar-refractivity contribution in [1.82, 2.24) is 4.90 Å². The van der Waals surface area contributed by atoms with Crippen molar-refractivity contribution in [2.24, 2.45) is 17.8 Å². The molecule has 34 heavy (non-hydrogen) atoms. The number of nitrogens with zero attached hydrogens (tertiary/aromatic N) is 1. The third-order valence-electron chi connectivity index (χ3n) is 7.16. The van der Waals surface area contributed by atoms with Crippen molar-refractivity contribution in [3.63, 3.8) is 0 Å². The number of likely N-dealkylation sites (tertiary alicyclic amines) is 1. The van der Waals surface area contributed by atoms with Gasteiger partial charge in [0.1, 0.15) is 5.75 Å². The van der Waals surface area contributed by atoms with Crippen molar-refractivity contribution in [3.8, 4) is 5.75 Å². The number of phenolic OH excluding ortho intramolecular Hbond substituents is 1. The van der Waals surface area contributed by atoms with Crippen LogP contribution in [0.15, 0.2) is 41.0 Å². The largest absolute Gasteiger partial charge is 0.507 e. The van der Waals surface area contributed by atoms with Gasteiger partial charge in [-0.1, -0.05) is 36.8 Å². The normalized spacial score (nSPS) is 26.7. The second-order valence-corrected chi connectivity index (χ2v) is 8.99. The Morgan fingerprint density at radius 2 is 1.97 bits per heavy atom. The zero-order chi connectivity index (χ0) is 24.4. The van der Waals surface area contributed by atoms with E-state index in [9.17, 15) is 19.5 Å². The van der Waals surface area contributed by atoms with Gasteiger partial charge >= 0.3 is 6.09 Å². The predicted octanol–water partition coefficient (Wildman–Crippen LogP) is 3.70. The summed E-state index contributed by atoms with van der Waals surface area (Å²) in [5.74, 6) is -2.23. The highest BCUT2D eigenvalue weighted by Gasteiger charge is 2.58. The Bertz CT molecular complexity index is 1040. The number of hydrogen-bond donors (Lipinski definition) is 1. The Balaban J connectivity index is 1.57. The maximum Gasteiger partial charge on any atom is 0.423 e. The van der Waals surface area contributed by atoms with Gasteiger partial charge in [0.05, 0.1) is 38.3 Å². The first-order chi connectivity index (χ1) is 16.4. The first-order valence-electron chi connectivity index (χ1n) is 11.7. The van der Waals surface area contributed by atoms with E-state index < -0.39 is 29.7 Å². The number of allylic oxidation sites excluding steroid dienone is 1. The van der Waals surface area contributed by atoms with Gasteiger partial charge in [-0.2, -0.15) is 4.90 Å². The lowest BCUT2D eigenvalue weighted by molar-refractivity contribution is -0.137. The molecule has 1 N–H and O–H groups in total. The van der Waals surface area contributed by atoms with E-state index in [1.807, 2.05) is 18.2 Å². The average molecular weight is 470 g/mol. The molecule has 1 aromatic carbocycles. The van der Waals surface area contributed by atoms with Gasteiger partial charge in [0.25, 0.3) is 0 Å². The first kappa shape index (κ1) is 24.2. The van der Waals surface area contributed by atoms with Crippen molar-refractivity contribution in [2.75, 3.05) is 27.4 Å². The molecule has 1 aromatic rings. The Morgan fingerprint density at radius 3 is 2.65 bits per heavy atom. The summed E-state index contributed by atoms with van der Waals surface area (Å²) in [7, 11) is 2.76. The number of para-hydroxylation sites is 1. The molecule has 3 aliphatic rings. The monoisotopic (exact) mass is 469 g/mol. The third kappa shape index (κ3) is 4.28. The maximum atomic E-state index is 13.1.